The van der Waals surface area contributed by atoms with Gasteiger partial charge in [0.1, 0.15) is 6.61 Å². The second kappa shape index (κ2) is 9.55. The first kappa shape index (κ1) is 15.7. The van der Waals surface area contributed by atoms with Gasteiger partial charge in [-0.2, -0.15) is 0 Å². The first-order chi connectivity index (χ1) is 9.24. The van der Waals surface area contributed by atoms with Gasteiger partial charge in [0.15, 0.2) is 11.6 Å². The van der Waals surface area contributed by atoms with Crippen LogP contribution in [0.2, 0.25) is 0 Å². The van der Waals surface area contributed by atoms with Crippen LogP contribution >= 0.6 is 0 Å². The molecular formula is C13H20FNO4. The smallest absolute Gasteiger partial charge is 0.167 e. The highest BCUT2D eigenvalue weighted by molar-refractivity contribution is 5.42. The van der Waals surface area contributed by atoms with Crippen LogP contribution in [0.5, 0.6) is 5.75 Å². The molecule has 0 aromatic heterocycles. The molecule has 0 unspecified atom stereocenters. The van der Waals surface area contributed by atoms with Gasteiger partial charge in [-0.15, -0.1) is 0 Å². The van der Waals surface area contributed by atoms with E-state index in [2.05, 4.69) is 0 Å². The molecule has 0 radical (unpaired) electrons. The van der Waals surface area contributed by atoms with Gasteiger partial charge in [0.2, 0.25) is 0 Å². The van der Waals surface area contributed by atoms with Crippen LogP contribution in [0.4, 0.5) is 10.1 Å². The Kier molecular flexibility index (Phi) is 7.88. The average Bonchev–Trinajstić information content (AvgIpc) is 2.39. The van der Waals surface area contributed by atoms with E-state index in [1.54, 1.807) is 13.2 Å². The van der Waals surface area contributed by atoms with Gasteiger partial charge in [-0.3, -0.25) is 0 Å². The van der Waals surface area contributed by atoms with E-state index in [1.165, 1.54) is 12.1 Å². The molecule has 1 aromatic carbocycles. The fourth-order valence-corrected chi connectivity index (χ4v) is 1.31. The third-order valence-corrected chi connectivity index (χ3v) is 2.24. The van der Waals surface area contributed by atoms with Gasteiger partial charge < -0.3 is 24.7 Å². The van der Waals surface area contributed by atoms with Crippen molar-refractivity contribution < 1.29 is 23.3 Å². The molecule has 0 saturated carbocycles. The summed E-state index contributed by atoms with van der Waals surface area (Å²) in [5, 5.41) is 0. The van der Waals surface area contributed by atoms with Crippen LogP contribution in [0.15, 0.2) is 18.2 Å². The zero-order valence-electron chi connectivity index (χ0n) is 11.1. The van der Waals surface area contributed by atoms with Crippen molar-refractivity contribution in [2.45, 2.75) is 0 Å². The Labute approximate surface area is 112 Å². The molecule has 1 aromatic rings. The number of benzene rings is 1. The lowest BCUT2D eigenvalue weighted by molar-refractivity contribution is 0.0177. The van der Waals surface area contributed by atoms with E-state index in [4.69, 9.17) is 24.7 Å². The first-order valence-electron chi connectivity index (χ1n) is 6.06. The maximum absolute atomic E-state index is 13.3. The molecule has 0 spiro atoms. The number of methoxy groups -OCH3 is 1. The average molecular weight is 273 g/mol. The fourth-order valence-electron chi connectivity index (χ4n) is 1.31. The minimum Gasteiger partial charge on any atom is -0.488 e. The second-order valence-electron chi connectivity index (χ2n) is 3.76. The zero-order valence-corrected chi connectivity index (χ0v) is 11.1. The molecule has 0 aliphatic heterocycles. The maximum atomic E-state index is 13.3. The highest BCUT2D eigenvalue weighted by atomic mass is 19.1. The Morgan fingerprint density at radius 3 is 2.26 bits per heavy atom. The third kappa shape index (κ3) is 6.95. The lowest BCUT2D eigenvalue weighted by Gasteiger charge is -2.08. The fraction of sp³-hybridized carbons (Fsp3) is 0.538. The van der Waals surface area contributed by atoms with Gasteiger partial charge in [-0.25, -0.2) is 4.39 Å². The number of nitrogen functional groups attached to an aromatic ring is 1. The molecule has 0 fully saturated rings. The normalized spacial score (nSPS) is 10.6. The molecule has 0 amide bonds. The van der Waals surface area contributed by atoms with E-state index in [0.717, 1.165) is 0 Å². The third-order valence-electron chi connectivity index (χ3n) is 2.24. The molecule has 0 aliphatic rings. The summed E-state index contributed by atoms with van der Waals surface area (Å²) in [4.78, 5) is 0. The van der Waals surface area contributed by atoms with Crippen LogP contribution in [0.1, 0.15) is 0 Å². The summed E-state index contributed by atoms with van der Waals surface area (Å²) < 4.78 is 33.8. The van der Waals surface area contributed by atoms with Crippen molar-refractivity contribution in [3.05, 3.63) is 24.0 Å². The number of hydrogen-bond donors (Lipinski definition) is 1. The van der Waals surface area contributed by atoms with E-state index in [-0.39, 0.29) is 12.4 Å². The minimum atomic E-state index is -0.470. The highest BCUT2D eigenvalue weighted by Gasteiger charge is 2.02. The van der Waals surface area contributed by atoms with E-state index >= 15 is 0 Å². The van der Waals surface area contributed by atoms with Crippen molar-refractivity contribution in [3.8, 4) is 5.75 Å². The molecular weight excluding hydrogens is 253 g/mol. The summed E-state index contributed by atoms with van der Waals surface area (Å²) in [5.41, 5.74) is 5.80. The van der Waals surface area contributed by atoms with Gasteiger partial charge >= 0.3 is 0 Å². The monoisotopic (exact) mass is 273 g/mol. The van der Waals surface area contributed by atoms with E-state index < -0.39 is 5.82 Å². The molecule has 0 heterocycles. The van der Waals surface area contributed by atoms with Crippen LogP contribution in [0, 0.1) is 5.82 Å². The van der Waals surface area contributed by atoms with Gasteiger partial charge in [0.05, 0.1) is 33.0 Å². The number of anilines is 1. The molecule has 108 valence electrons. The summed E-state index contributed by atoms with van der Waals surface area (Å²) in [6.45, 7) is 2.74. The van der Waals surface area contributed by atoms with E-state index in [9.17, 15) is 4.39 Å². The quantitative estimate of drug-likeness (QED) is 0.516. The summed E-state index contributed by atoms with van der Waals surface area (Å²) >= 11 is 0. The van der Waals surface area contributed by atoms with Crippen molar-refractivity contribution in [1.82, 2.24) is 0 Å². The Morgan fingerprint density at radius 2 is 1.63 bits per heavy atom. The summed E-state index contributed by atoms with van der Waals surface area (Å²) in [5.74, 6) is -0.294. The van der Waals surface area contributed by atoms with Crippen LogP contribution in [0.25, 0.3) is 0 Å². The maximum Gasteiger partial charge on any atom is 0.167 e. The molecule has 1 rings (SSSR count). The standard InChI is InChI=1S/C13H20FNO4/c1-16-4-5-17-6-7-18-8-9-19-13-3-2-11(15)10-12(13)14/h2-3,10H,4-9,15H2,1H3. The zero-order chi connectivity index (χ0) is 13.9. The van der Waals surface area contributed by atoms with Gasteiger partial charge in [-0.05, 0) is 12.1 Å². The van der Waals surface area contributed by atoms with Gasteiger partial charge in [-0.1, -0.05) is 0 Å². The van der Waals surface area contributed by atoms with Crippen molar-refractivity contribution in [2.75, 3.05) is 52.5 Å². The molecule has 6 heteroatoms. The second-order valence-corrected chi connectivity index (χ2v) is 3.76. The number of nitrogens with two attached hydrogens (primary N) is 1. The van der Waals surface area contributed by atoms with E-state index in [1.807, 2.05) is 0 Å². The topological polar surface area (TPSA) is 62.9 Å². The molecule has 19 heavy (non-hydrogen) atoms. The number of hydrogen-bond acceptors (Lipinski definition) is 5. The van der Waals surface area contributed by atoms with Crippen LogP contribution < -0.4 is 10.5 Å². The van der Waals surface area contributed by atoms with E-state index in [0.29, 0.717) is 38.7 Å². The Morgan fingerprint density at radius 1 is 1.00 bits per heavy atom. The molecule has 0 atom stereocenters. The number of rotatable bonds is 10. The Balaban J connectivity index is 2.01. The summed E-state index contributed by atoms with van der Waals surface area (Å²) in [7, 11) is 1.62. The molecule has 0 bridgehead atoms. The predicted octanol–water partition coefficient (Wildman–Crippen LogP) is 1.47. The van der Waals surface area contributed by atoms with Crippen LogP contribution in [-0.4, -0.2) is 46.8 Å². The highest BCUT2D eigenvalue weighted by Crippen LogP contribution is 2.18. The van der Waals surface area contributed by atoms with Crippen molar-refractivity contribution in [1.29, 1.82) is 0 Å². The lowest BCUT2D eigenvalue weighted by atomic mass is 10.3. The van der Waals surface area contributed by atoms with Crippen LogP contribution in [-0.2, 0) is 14.2 Å². The van der Waals surface area contributed by atoms with Crippen molar-refractivity contribution >= 4 is 5.69 Å². The minimum absolute atomic E-state index is 0.175. The molecule has 2 N–H and O–H groups in total. The van der Waals surface area contributed by atoms with Crippen LogP contribution in [0.3, 0.4) is 0 Å². The first-order valence-corrected chi connectivity index (χ1v) is 6.06. The van der Waals surface area contributed by atoms with Gasteiger partial charge in [0.25, 0.3) is 0 Å². The molecule has 0 aliphatic carbocycles. The number of halogens is 1. The van der Waals surface area contributed by atoms with Crippen molar-refractivity contribution in [3.63, 3.8) is 0 Å². The Bertz CT molecular complexity index is 362. The lowest BCUT2D eigenvalue weighted by Crippen LogP contribution is -2.12. The SMILES string of the molecule is COCCOCCOCCOc1ccc(N)cc1F. The van der Waals surface area contributed by atoms with Crippen molar-refractivity contribution in [2.24, 2.45) is 0 Å². The summed E-state index contributed by atoms with van der Waals surface area (Å²) in [6.07, 6.45) is 0. The number of ether oxygens (including phenoxy) is 4. The molecule has 0 saturated heterocycles. The molecule has 5 nitrogen and oxygen atoms in total. The largest absolute Gasteiger partial charge is 0.488 e. The summed E-state index contributed by atoms with van der Waals surface area (Å²) in [6, 6.07) is 4.31. The predicted molar refractivity (Wildman–Crippen MR) is 69.8 cm³/mol. The Hall–Kier alpha value is -1.37. The van der Waals surface area contributed by atoms with Gasteiger partial charge in [0, 0.05) is 18.9 Å².